The first-order chi connectivity index (χ1) is 11.0. The number of benzene rings is 1. The Balaban J connectivity index is 2.27. The maximum Gasteiger partial charge on any atom is 0.219 e. The highest BCUT2D eigenvalue weighted by atomic mass is 35.5. The monoisotopic (exact) mass is 342 g/mol. The van der Waals surface area contributed by atoms with Crippen molar-refractivity contribution in [2.45, 2.75) is 32.6 Å². The summed E-state index contributed by atoms with van der Waals surface area (Å²) in [6.07, 6.45) is -0.206. The molecule has 0 saturated carbocycles. The third-order valence-electron chi connectivity index (χ3n) is 3.59. The van der Waals surface area contributed by atoms with Crippen molar-refractivity contribution in [3.63, 3.8) is 0 Å². The van der Waals surface area contributed by atoms with Gasteiger partial charge in [-0.25, -0.2) is 0 Å². The first-order valence-corrected chi connectivity index (χ1v) is 8.13. The van der Waals surface area contributed by atoms with Crippen molar-refractivity contribution in [3.8, 4) is 5.75 Å². The highest BCUT2D eigenvalue weighted by Gasteiger charge is 2.31. The van der Waals surface area contributed by atoms with Crippen LogP contribution in [-0.2, 0) is 14.3 Å². The first-order valence-electron chi connectivity index (χ1n) is 7.75. The molecule has 0 radical (unpaired) electrons. The van der Waals surface area contributed by atoms with E-state index in [0.717, 1.165) is 11.4 Å². The summed E-state index contributed by atoms with van der Waals surface area (Å²) >= 11 is 6.12. The van der Waals surface area contributed by atoms with E-state index >= 15 is 0 Å². The van der Waals surface area contributed by atoms with Gasteiger partial charge in [-0.15, -0.1) is 0 Å². The van der Waals surface area contributed by atoms with Gasteiger partial charge in [0.15, 0.2) is 6.29 Å². The van der Waals surface area contributed by atoms with E-state index in [-0.39, 0.29) is 18.4 Å². The van der Waals surface area contributed by atoms with E-state index in [1.807, 2.05) is 30.9 Å². The van der Waals surface area contributed by atoms with Gasteiger partial charge >= 0.3 is 0 Å². The second-order valence-electron chi connectivity index (χ2n) is 5.24. The van der Waals surface area contributed by atoms with Crippen LogP contribution < -0.4 is 15.4 Å². The van der Waals surface area contributed by atoms with Crippen LogP contribution in [0.3, 0.4) is 0 Å². The van der Waals surface area contributed by atoms with Gasteiger partial charge in [-0.05, 0) is 32.0 Å². The number of hydrogen-bond donors (Lipinski definition) is 1. The molecule has 0 fully saturated rings. The maximum atomic E-state index is 11.4. The van der Waals surface area contributed by atoms with Gasteiger partial charge in [-0.3, -0.25) is 4.79 Å². The minimum atomic E-state index is -0.398. The summed E-state index contributed by atoms with van der Waals surface area (Å²) in [5, 5.41) is 0.599. The Hall–Kier alpha value is -1.50. The molecular formula is C16H23ClN2O4. The largest absolute Gasteiger partial charge is 0.489 e. The second kappa shape index (κ2) is 8.38. The van der Waals surface area contributed by atoms with Gasteiger partial charge in [0, 0.05) is 18.2 Å². The number of carbonyl (C=O) groups is 1. The van der Waals surface area contributed by atoms with Gasteiger partial charge in [0.1, 0.15) is 12.4 Å². The van der Waals surface area contributed by atoms with Crippen LogP contribution in [0.1, 0.15) is 20.3 Å². The molecule has 1 unspecified atom stereocenters. The standard InChI is InChI=1S/C16H23ClN2O4/c1-3-21-16(22-4-2)9-19-12(8-15(18)20)10-23-14-6-5-11(17)7-13(14)19/h5-7,12,16H,3-4,8-10H2,1-2H3,(H2,18,20). The molecule has 1 amide bonds. The normalized spacial score (nSPS) is 17.0. The summed E-state index contributed by atoms with van der Waals surface area (Å²) < 4.78 is 17.0. The van der Waals surface area contributed by atoms with Crippen LogP contribution in [0.2, 0.25) is 5.02 Å². The van der Waals surface area contributed by atoms with Gasteiger partial charge in [-0.2, -0.15) is 0 Å². The molecule has 0 saturated heterocycles. The lowest BCUT2D eigenvalue weighted by atomic mass is 10.1. The van der Waals surface area contributed by atoms with Crippen LogP contribution in [0.15, 0.2) is 18.2 Å². The van der Waals surface area contributed by atoms with Crippen LogP contribution in [0.4, 0.5) is 5.69 Å². The van der Waals surface area contributed by atoms with Crippen molar-refractivity contribution in [1.82, 2.24) is 0 Å². The van der Waals surface area contributed by atoms with Crippen molar-refractivity contribution in [1.29, 1.82) is 0 Å². The molecule has 2 rings (SSSR count). The fourth-order valence-corrected chi connectivity index (χ4v) is 2.81. The SMILES string of the molecule is CCOC(CN1c2cc(Cl)ccc2OCC1CC(N)=O)OCC. The van der Waals surface area contributed by atoms with E-state index in [2.05, 4.69) is 0 Å². The lowest BCUT2D eigenvalue weighted by Crippen LogP contribution is -2.49. The van der Waals surface area contributed by atoms with E-state index in [4.69, 9.17) is 31.5 Å². The zero-order chi connectivity index (χ0) is 16.8. The summed E-state index contributed by atoms with van der Waals surface area (Å²) in [6, 6.07) is 5.23. The maximum absolute atomic E-state index is 11.4. The summed E-state index contributed by atoms with van der Waals surface area (Å²) in [5.41, 5.74) is 6.19. The van der Waals surface area contributed by atoms with Gasteiger partial charge in [-0.1, -0.05) is 11.6 Å². The number of primary amides is 1. The molecule has 1 aliphatic rings. The first kappa shape index (κ1) is 17.8. The quantitative estimate of drug-likeness (QED) is 0.733. The third-order valence-corrected chi connectivity index (χ3v) is 3.83. The van der Waals surface area contributed by atoms with Crippen LogP contribution >= 0.6 is 11.6 Å². The molecule has 2 N–H and O–H groups in total. The lowest BCUT2D eigenvalue weighted by molar-refractivity contribution is -0.131. The van der Waals surface area contributed by atoms with Gasteiger partial charge in [0.2, 0.25) is 5.91 Å². The minimum absolute atomic E-state index is 0.179. The summed E-state index contributed by atoms with van der Waals surface area (Å²) in [6.45, 7) is 5.75. The zero-order valence-corrected chi connectivity index (χ0v) is 14.2. The second-order valence-corrected chi connectivity index (χ2v) is 5.68. The highest BCUT2D eigenvalue weighted by Crippen LogP contribution is 2.37. The summed E-state index contributed by atoms with van der Waals surface area (Å²) in [4.78, 5) is 13.4. The molecule has 0 aromatic heterocycles. The number of halogens is 1. The molecule has 1 aromatic carbocycles. The Morgan fingerprint density at radius 1 is 1.43 bits per heavy atom. The number of amides is 1. The zero-order valence-electron chi connectivity index (χ0n) is 13.5. The van der Waals surface area contributed by atoms with E-state index in [1.54, 1.807) is 6.07 Å². The molecule has 1 aliphatic heterocycles. The molecule has 0 spiro atoms. The Morgan fingerprint density at radius 3 is 2.74 bits per heavy atom. The number of fused-ring (bicyclic) bond motifs is 1. The summed E-state index contributed by atoms with van der Waals surface area (Å²) in [7, 11) is 0. The van der Waals surface area contributed by atoms with Gasteiger partial charge in [0.25, 0.3) is 0 Å². The van der Waals surface area contributed by atoms with Crippen molar-refractivity contribution < 1.29 is 19.0 Å². The predicted molar refractivity (Wildman–Crippen MR) is 88.9 cm³/mol. The number of nitrogens with zero attached hydrogens (tertiary/aromatic N) is 1. The number of anilines is 1. The van der Waals surface area contributed by atoms with Crippen molar-refractivity contribution >= 4 is 23.2 Å². The molecule has 1 atom stereocenters. The fraction of sp³-hybridized carbons (Fsp3) is 0.562. The third kappa shape index (κ3) is 4.73. The number of ether oxygens (including phenoxy) is 3. The molecule has 0 aliphatic carbocycles. The Morgan fingerprint density at radius 2 is 2.13 bits per heavy atom. The van der Waals surface area contributed by atoms with Crippen LogP contribution in [0.25, 0.3) is 0 Å². The smallest absolute Gasteiger partial charge is 0.219 e. The number of nitrogens with two attached hydrogens (primary N) is 1. The molecule has 0 bridgehead atoms. The molecule has 6 nitrogen and oxygen atoms in total. The predicted octanol–water partition coefficient (Wildman–Crippen LogP) is 2.18. The van der Waals surface area contributed by atoms with Crippen LogP contribution in [-0.4, -0.2) is 44.6 Å². The van der Waals surface area contributed by atoms with E-state index < -0.39 is 6.29 Å². The lowest BCUT2D eigenvalue weighted by Gasteiger charge is -2.39. The molecule has 23 heavy (non-hydrogen) atoms. The molecular weight excluding hydrogens is 320 g/mol. The van der Waals surface area contributed by atoms with E-state index in [1.165, 1.54) is 0 Å². The Kier molecular flexibility index (Phi) is 6.50. The van der Waals surface area contributed by atoms with Crippen LogP contribution in [0, 0.1) is 0 Å². The fourth-order valence-electron chi connectivity index (χ4n) is 2.64. The van der Waals surface area contributed by atoms with Crippen molar-refractivity contribution in [2.24, 2.45) is 5.73 Å². The topological polar surface area (TPSA) is 74.0 Å². The Labute approximate surface area is 141 Å². The number of hydrogen-bond acceptors (Lipinski definition) is 5. The average molecular weight is 343 g/mol. The molecule has 128 valence electrons. The van der Waals surface area contributed by atoms with Gasteiger partial charge in [0.05, 0.1) is 24.7 Å². The van der Waals surface area contributed by atoms with E-state index in [9.17, 15) is 4.79 Å². The van der Waals surface area contributed by atoms with Gasteiger partial charge < -0.3 is 24.8 Å². The summed E-state index contributed by atoms with van der Waals surface area (Å²) in [5.74, 6) is 0.348. The molecule has 1 heterocycles. The number of rotatable bonds is 8. The van der Waals surface area contributed by atoms with Crippen molar-refractivity contribution in [3.05, 3.63) is 23.2 Å². The van der Waals surface area contributed by atoms with Crippen LogP contribution in [0.5, 0.6) is 5.75 Å². The average Bonchev–Trinajstić information content (AvgIpc) is 2.49. The highest BCUT2D eigenvalue weighted by molar-refractivity contribution is 6.31. The molecule has 7 heteroatoms. The minimum Gasteiger partial charge on any atom is -0.489 e. The van der Waals surface area contributed by atoms with Crippen molar-refractivity contribution in [2.75, 3.05) is 31.3 Å². The molecule has 1 aromatic rings. The van der Waals surface area contributed by atoms with E-state index in [0.29, 0.717) is 31.4 Å². The number of carbonyl (C=O) groups excluding carboxylic acids is 1. The Bertz CT molecular complexity index is 535.